The normalized spacial score (nSPS) is 19.4. The van der Waals surface area contributed by atoms with Crippen molar-refractivity contribution < 1.29 is 17.9 Å². The lowest BCUT2D eigenvalue weighted by atomic mass is 9.97. The number of aromatic nitrogens is 4. The Morgan fingerprint density at radius 1 is 1.24 bits per heavy atom. The molecule has 0 radical (unpaired) electrons. The van der Waals surface area contributed by atoms with Gasteiger partial charge in [0.15, 0.2) is 5.82 Å². The Hall–Kier alpha value is -3.21. The first-order chi connectivity index (χ1) is 16.0. The predicted octanol–water partition coefficient (Wildman–Crippen LogP) is 4.22. The van der Waals surface area contributed by atoms with Gasteiger partial charge in [0.2, 0.25) is 0 Å². The molecule has 4 heterocycles. The first-order valence-corrected chi connectivity index (χ1v) is 11.1. The molecule has 1 aliphatic rings. The molecular formula is C23H28F3N7O. The molecule has 0 aliphatic carbocycles. The van der Waals surface area contributed by atoms with Crippen LogP contribution in [0, 0.1) is 18.8 Å². The molecular weight excluding hydrogens is 447 g/mol. The van der Waals surface area contributed by atoms with Crippen molar-refractivity contribution in [2.75, 3.05) is 42.8 Å². The van der Waals surface area contributed by atoms with Crippen LogP contribution in [0.4, 0.5) is 30.4 Å². The number of nitrogens with one attached hydrogen (secondary N) is 1. The molecule has 1 saturated heterocycles. The van der Waals surface area contributed by atoms with Crippen LogP contribution in [0.5, 0.6) is 0 Å². The van der Waals surface area contributed by atoms with Gasteiger partial charge < -0.3 is 20.7 Å². The second-order valence-corrected chi connectivity index (χ2v) is 8.95. The Morgan fingerprint density at radius 2 is 2.00 bits per heavy atom. The van der Waals surface area contributed by atoms with Gasteiger partial charge in [0.25, 0.3) is 0 Å². The average Bonchev–Trinajstić information content (AvgIpc) is 3.18. The molecule has 3 N–H and O–H groups in total. The third-order valence-electron chi connectivity index (χ3n) is 6.19. The maximum Gasteiger partial charge on any atom is 0.433 e. The Bertz CT molecular complexity index is 1190. The first-order valence-electron chi connectivity index (χ1n) is 11.1. The largest absolute Gasteiger partial charge is 0.433 e. The van der Waals surface area contributed by atoms with Gasteiger partial charge in [-0.2, -0.15) is 18.3 Å². The van der Waals surface area contributed by atoms with Crippen molar-refractivity contribution in [2.24, 2.45) is 11.8 Å². The number of anilines is 3. The zero-order chi connectivity index (χ0) is 24.6. The van der Waals surface area contributed by atoms with Crippen molar-refractivity contribution in [3.8, 4) is 0 Å². The third kappa shape index (κ3) is 4.98. The summed E-state index contributed by atoms with van der Waals surface area (Å²) in [5.74, 6) is 1.31. The van der Waals surface area contributed by atoms with Gasteiger partial charge in [0.1, 0.15) is 5.69 Å². The van der Waals surface area contributed by atoms with E-state index in [0.29, 0.717) is 28.9 Å². The van der Waals surface area contributed by atoms with Crippen molar-refractivity contribution in [3.05, 3.63) is 41.5 Å². The third-order valence-corrected chi connectivity index (χ3v) is 6.19. The minimum Gasteiger partial charge on any atom is -0.399 e. The Labute approximate surface area is 195 Å². The zero-order valence-corrected chi connectivity index (χ0v) is 19.5. The van der Waals surface area contributed by atoms with Crippen molar-refractivity contribution in [1.82, 2.24) is 20.2 Å². The maximum atomic E-state index is 13.2. The van der Waals surface area contributed by atoms with Gasteiger partial charge in [0, 0.05) is 37.2 Å². The summed E-state index contributed by atoms with van der Waals surface area (Å²) >= 11 is 0. The second kappa shape index (κ2) is 9.21. The number of pyridine rings is 2. The van der Waals surface area contributed by atoms with Crippen LogP contribution in [0.1, 0.15) is 37.0 Å². The van der Waals surface area contributed by atoms with Crippen LogP contribution in [-0.2, 0) is 10.9 Å². The van der Waals surface area contributed by atoms with Crippen molar-refractivity contribution in [3.63, 3.8) is 0 Å². The molecule has 0 amide bonds. The molecule has 3 aromatic rings. The molecule has 1 fully saturated rings. The fourth-order valence-corrected chi connectivity index (χ4v) is 4.08. The van der Waals surface area contributed by atoms with Crippen LogP contribution in [0.15, 0.2) is 24.4 Å². The minimum atomic E-state index is -4.59. The fraction of sp³-hybridized carbons (Fsp3) is 0.478. The summed E-state index contributed by atoms with van der Waals surface area (Å²) in [5, 5.41) is 12.3. The molecule has 8 nitrogen and oxygen atoms in total. The summed E-state index contributed by atoms with van der Waals surface area (Å²) in [6, 6.07) is 3.59. The molecule has 0 unspecified atom stereocenters. The molecule has 1 aliphatic heterocycles. The van der Waals surface area contributed by atoms with Crippen LogP contribution in [0.3, 0.4) is 0 Å². The highest BCUT2D eigenvalue weighted by molar-refractivity contribution is 5.92. The Morgan fingerprint density at radius 3 is 2.68 bits per heavy atom. The smallest absolute Gasteiger partial charge is 0.399 e. The van der Waals surface area contributed by atoms with E-state index >= 15 is 0 Å². The zero-order valence-electron chi connectivity index (χ0n) is 19.5. The summed E-state index contributed by atoms with van der Waals surface area (Å²) < 4.78 is 45.2. The second-order valence-electron chi connectivity index (χ2n) is 8.95. The number of hydrogen-bond acceptors (Lipinski definition) is 8. The number of nitrogens with two attached hydrogens (primary N) is 1. The van der Waals surface area contributed by atoms with Gasteiger partial charge in [-0.25, -0.2) is 4.98 Å². The lowest BCUT2D eigenvalue weighted by Crippen LogP contribution is -2.28. The molecule has 0 spiro atoms. The molecule has 0 aromatic carbocycles. The van der Waals surface area contributed by atoms with Crippen molar-refractivity contribution in [2.45, 2.75) is 33.0 Å². The van der Waals surface area contributed by atoms with Gasteiger partial charge in [-0.15, -0.1) is 5.10 Å². The van der Waals surface area contributed by atoms with Crippen LogP contribution in [-0.4, -0.2) is 47.0 Å². The first kappa shape index (κ1) is 23.9. The number of aryl methyl sites for hydroxylation is 1. The highest BCUT2D eigenvalue weighted by atomic mass is 19.4. The topological polar surface area (TPSA) is 102 Å². The van der Waals surface area contributed by atoms with E-state index in [9.17, 15) is 13.2 Å². The highest BCUT2D eigenvalue weighted by Crippen LogP contribution is 2.32. The Balaban J connectivity index is 1.64. The molecule has 3 aromatic heterocycles. The number of nitrogen functional groups attached to an aromatic ring is 1. The number of halogens is 3. The van der Waals surface area contributed by atoms with E-state index in [4.69, 9.17) is 10.5 Å². The van der Waals surface area contributed by atoms with Crippen LogP contribution in [0.25, 0.3) is 10.9 Å². The number of nitrogens with zero attached hydrogens (tertiary/aromatic N) is 5. The molecule has 0 saturated carbocycles. The number of ether oxygens (including phenoxy) is 1. The lowest BCUT2D eigenvalue weighted by molar-refractivity contribution is -0.141. The Kier molecular flexibility index (Phi) is 6.48. The SMILES string of the molecule is Cc1nnc(N[C@H](C)c2cc(N)cc(C(F)(F)F)n2)c2cc(N(C)C[C@@H]3COC[C@@H]3C)cnc12. The van der Waals surface area contributed by atoms with E-state index < -0.39 is 17.9 Å². The fourth-order valence-electron chi connectivity index (χ4n) is 4.08. The highest BCUT2D eigenvalue weighted by Gasteiger charge is 2.33. The van der Waals surface area contributed by atoms with E-state index in [1.165, 1.54) is 6.07 Å². The number of alkyl halides is 3. The van der Waals surface area contributed by atoms with Crippen LogP contribution < -0.4 is 16.0 Å². The van der Waals surface area contributed by atoms with Crippen molar-refractivity contribution in [1.29, 1.82) is 0 Å². The minimum absolute atomic E-state index is 0.0125. The van der Waals surface area contributed by atoms with Gasteiger partial charge in [-0.1, -0.05) is 6.92 Å². The monoisotopic (exact) mass is 475 g/mol. The van der Waals surface area contributed by atoms with E-state index in [1.807, 2.05) is 20.0 Å². The van der Waals surface area contributed by atoms with E-state index in [1.54, 1.807) is 13.1 Å². The summed E-state index contributed by atoms with van der Waals surface area (Å²) in [6.45, 7) is 8.00. The summed E-state index contributed by atoms with van der Waals surface area (Å²) in [6.07, 6.45) is -2.80. The van der Waals surface area contributed by atoms with Gasteiger partial charge >= 0.3 is 6.18 Å². The summed E-state index contributed by atoms with van der Waals surface area (Å²) in [5.41, 5.74) is 7.03. The number of rotatable bonds is 6. The van der Waals surface area contributed by atoms with Gasteiger partial charge in [-0.05, 0) is 38.0 Å². The molecule has 182 valence electrons. The van der Waals surface area contributed by atoms with E-state index in [-0.39, 0.29) is 11.4 Å². The van der Waals surface area contributed by atoms with Crippen LogP contribution >= 0.6 is 0 Å². The summed E-state index contributed by atoms with van der Waals surface area (Å²) in [7, 11) is 2.00. The van der Waals surface area contributed by atoms with E-state index in [0.717, 1.165) is 36.9 Å². The van der Waals surface area contributed by atoms with Crippen LogP contribution in [0.2, 0.25) is 0 Å². The molecule has 3 atom stereocenters. The standard InChI is InChI=1S/C23H28F3N7O/c1-12-10-34-11-15(12)9-33(4)17-7-18-21(28-8-17)14(3)31-32-22(18)29-13(2)19-5-16(27)6-20(30-19)23(24,25)26/h5-8,12-13,15H,9-11H2,1-4H3,(H2,27,30)(H,29,32)/t12-,13+,15+/m0/s1. The maximum absolute atomic E-state index is 13.2. The quantitative estimate of drug-likeness (QED) is 0.546. The number of hydrogen-bond donors (Lipinski definition) is 2. The average molecular weight is 476 g/mol. The number of fused-ring (bicyclic) bond motifs is 1. The molecule has 34 heavy (non-hydrogen) atoms. The molecule has 11 heteroatoms. The predicted molar refractivity (Wildman–Crippen MR) is 125 cm³/mol. The molecule has 4 rings (SSSR count). The molecule has 0 bridgehead atoms. The van der Waals surface area contributed by atoms with Crippen molar-refractivity contribution >= 4 is 28.1 Å². The lowest BCUT2D eigenvalue weighted by Gasteiger charge is -2.25. The van der Waals surface area contributed by atoms with Gasteiger partial charge in [0.05, 0.1) is 41.4 Å². The van der Waals surface area contributed by atoms with E-state index in [2.05, 4.69) is 37.3 Å². The summed E-state index contributed by atoms with van der Waals surface area (Å²) in [4.78, 5) is 10.5. The van der Waals surface area contributed by atoms with Gasteiger partial charge in [-0.3, -0.25) is 4.98 Å².